The van der Waals surface area contributed by atoms with Crippen LogP contribution in [0.5, 0.6) is 0 Å². The standard InChI is InChI=1S/C25H23ClF2N6O2/c26-16-2-1-3-19(13-16)33-25(34-23(35)15-4-9-20(27)21(28)12-15)32-18-7-5-17(6-8-18)31-24(36)22-14-29-10-11-30-22/h1-4,9-14,17-18H,5-8H2,(H,31,36)(H2,32,33,34,35). The van der Waals surface area contributed by atoms with Gasteiger partial charge in [-0.2, -0.15) is 0 Å². The lowest BCUT2D eigenvalue weighted by Crippen LogP contribution is -2.40. The predicted molar refractivity (Wildman–Crippen MR) is 132 cm³/mol. The van der Waals surface area contributed by atoms with Crippen LogP contribution in [-0.4, -0.2) is 39.8 Å². The lowest BCUT2D eigenvalue weighted by molar-refractivity contribution is 0.0918. The van der Waals surface area contributed by atoms with E-state index in [0.29, 0.717) is 36.4 Å². The summed E-state index contributed by atoms with van der Waals surface area (Å²) in [5.41, 5.74) is 0.798. The van der Waals surface area contributed by atoms with Gasteiger partial charge in [-0.15, -0.1) is 0 Å². The summed E-state index contributed by atoms with van der Waals surface area (Å²) in [6.45, 7) is 0. The first-order chi connectivity index (χ1) is 17.4. The van der Waals surface area contributed by atoms with Crippen LogP contribution in [0.2, 0.25) is 5.02 Å². The highest BCUT2D eigenvalue weighted by atomic mass is 35.5. The highest BCUT2D eigenvalue weighted by Crippen LogP contribution is 2.22. The molecule has 0 saturated heterocycles. The Labute approximate surface area is 211 Å². The molecule has 3 aromatic rings. The number of rotatable bonds is 5. The van der Waals surface area contributed by atoms with E-state index in [2.05, 4.69) is 30.9 Å². The van der Waals surface area contributed by atoms with Crippen LogP contribution in [0.3, 0.4) is 0 Å². The number of carbonyl (C=O) groups is 2. The zero-order valence-electron chi connectivity index (χ0n) is 19.0. The quantitative estimate of drug-likeness (QED) is 0.348. The number of guanidine groups is 1. The van der Waals surface area contributed by atoms with Gasteiger partial charge >= 0.3 is 0 Å². The van der Waals surface area contributed by atoms with Gasteiger partial charge in [0.15, 0.2) is 11.6 Å². The summed E-state index contributed by atoms with van der Waals surface area (Å²) >= 11 is 6.07. The highest BCUT2D eigenvalue weighted by Gasteiger charge is 2.24. The first kappa shape index (κ1) is 25.2. The molecular weight excluding hydrogens is 490 g/mol. The zero-order chi connectivity index (χ0) is 25.5. The fourth-order valence-corrected chi connectivity index (χ4v) is 4.01. The van der Waals surface area contributed by atoms with Gasteiger partial charge in [-0.05, 0) is 62.1 Å². The van der Waals surface area contributed by atoms with Crippen LogP contribution in [-0.2, 0) is 0 Å². The summed E-state index contributed by atoms with van der Waals surface area (Å²) in [6, 6.07) is 9.60. The zero-order valence-corrected chi connectivity index (χ0v) is 19.8. The van der Waals surface area contributed by atoms with E-state index in [0.717, 1.165) is 12.1 Å². The molecule has 0 unspecified atom stereocenters. The Hall–Kier alpha value is -3.92. The SMILES string of the molecule is O=C(NC(=NC1CCC(NC(=O)c2cnccn2)CC1)Nc1cccc(Cl)c1)c1ccc(F)c(F)c1. The van der Waals surface area contributed by atoms with Gasteiger partial charge in [-0.3, -0.25) is 19.9 Å². The smallest absolute Gasteiger partial charge is 0.271 e. The fraction of sp³-hybridized carbons (Fsp3) is 0.240. The van der Waals surface area contributed by atoms with E-state index in [4.69, 9.17) is 11.6 Å². The first-order valence-electron chi connectivity index (χ1n) is 11.3. The van der Waals surface area contributed by atoms with Gasteiger partial charge in [0.25, 0.3) is 11.8 Å². The van der Waals surface area contributed by atoms with Crippen LogP contribution < -0.4 is 16.0 Å². The molecule has 1 aliphatic rings. The van der Waals surface area contributed by atoms with Crippen LogP contribution in [0.1, 0.15) is 46.5 Å². The molecule has 0 radical (unpaired) electrons. The number of amides is 2. The molecule has 1 heterocycles. The molecule has 0 aliphatic heterocycles. The summed E-state index contributed by atoms with van der Waals surface area (Å²) < 4.78 is 26.9. The van der Waals surface area contributed by atoms with E-state index in [1.165, 1.54) is 24.7 Å². The van der Waals surface area contributed by atoms with Crippen molar-refractivity contribution in [1.29, 1.82) is 0 Å². The number of aliphatic imine (C=N–C) groups is 1. The third-order valence-corrected chi connectivity index (χ3v) is 5.88. The maximum atomic E-state index is 13.6. The lowest BCUT2D eigenvalue weighted by Gasteiger charge is -2.27. The van der Waals surface area contributed by atoms with Crippen molar-refractivity contribution in [2.75, 3.05) is 5.32 Å². The Morgan fingerprint density at radius 2 is 1.78 bits per heavy atom. The van der Waals surface area contributed by atoms with E-state index >= 15 is 0 Å². The minimum Gasteiger partial charge on any atom is -0.348 e. The number of benzene rings is 2. The van der Waals surface area contributed by atoms with Crippen molar-refractivity contribution in [3.8, 4) is 0 Å². The largest absolute Gasteiger partial charge is 0.348 e. The number of hydrogen-bond acceptors (Lipinski definition) is 5. The number of anilines is 1. The van der Waals surface area contributed by atoms with Crippen LogP contribution in [0.4, 0.5) is 14.5 Å². The number of nitrogens with one attached hydrogen (secondary N) is 3. The van der Waals surface area contributed by atoms with E-state index in [9.17, 15) is 18.4 Å². The average molecular weight is 513 g/mol. The molecule has 1 aromatic heterocycles. The maximum Gasteiger partial charge on any atom is 0.271 e. The maximum absolute atomic E-state index is 13.6. The Bertz CT molecular complexity index is 1270. The van der Waals surface area contributed by atoms with Crippen LogP contribution in [0.25, 0.3) is 0 Å². The molecule has 8 nitrogen and oxygen atoms in total. The van der Waals surface area contributed by atoms with Crippen molar-refractivity contribution in [2.45, 2.75) is 37.8 Å². The van der Waals surface area contributed by atoms with Crippen molar-refractivity contribution in [3.05, 3.63) is 89.0 Å². The highest BCUT2D eigenvalue weighted by molar-refractivity contribution is 6.31. The summed E-state index contributed by atoms with van der Waals surface area (Å²) in [5, 5.41) is 9.14. The Morgan fingerprint density at radius 1 is 0.972 bits per heavy atom. The average Bonchev–Trinajstić information content (AvgIpc) is 2.87. The molecule has 3 N–H and O–H groups in total. The van der Waals surface area contributed by atoms with Gasteiger partial charge in [0.05, 0.1) is 12.2 Å². The van der Waals surface area contributed by atoms with Crippen molar-refractivity contribution >= 4 is 35.1 Å². The van der Waals surface area contributed by atoms with Gasteiger partial charge in [0.2, 0.25) is 5.96 Å². The molecule has 0 bridgehead atoms. The van der Waals surface area contributed by atoms with Gasteiger partial charge in [-0.1, -0.05) is 17.7 Å². The van der Waals surface area contributed by atoms with Crippen molar-refractivity contribution in [1.82, 2.24) is 20.6 Å². The summed E-state index contributed by atoms with van der Waals surface area (Å²) in [4.78, 5) is 37.6. The second kappa shape index (κ2) is 11.7. The van der Waals surface area contributed by atoms with Crippen molar-refractivity contribution in [3.63, 3.8) is 0 Å². The molecule has 11 heteroatoms. The summed E-state index contributed by atoms with van der Waals surface area (Å²) in [7, 11) is 0. The van der Waals surface area contributed by atoms with Crippen molar-refractivity contribution < 1.29 is 18.4 Å². The van der Waals surface area contributed by atoms with Gasteiger partial charge in [0, 0.05) is 34.7 Å². The van der Waals surface area contributed by atoms with Gasteiger partial charge in [-0.25, -0.2) is 18.8 Å². The molecule has 1 aliphatic carbocycles. The second-order valence-corrected chi connectivity index (χ2v) is 8.70. The van der Waals surface area contributed by atoms with E-state index in [-0.39, 0.29) is 35.2 Å². The number of hydrogen-bond donors (Lipinski definition) is 3. The molecule has 1 saturated carbocycles. The topological polar surface area (TPSA) is 108 Å². The molecule has 0 spiro atoms. The molecule has 2 amide bonds. The number of nitrogens with zero attached hydrogens (tertiary/aromatic N) is 3. The van der Waals surface area contributed by atoms with E-state index < -0.39 is 17.5 Å². The van der Waals surface area contributed by atoms with Crippen molar-refractivity contribution in [2.24, 2.45) is 4.99 Å². The molecule has 2 aromatic carbocycles. The molecule has 1 fully saturated rings. The number of carbonyl (C=O) groups excluding carboxylic acids is 2. The molecule has 36 heavy (non-hydrogen) atoms. The number of halogens is 3. The minimum atomic E-state index is -1.12. The fourth-order valence-electron chi connectivity index (χ4n) is 3.82. The summed E-state index contributed by atoms with van der Waals surface area (Å²) in [5.74, 6) is -2.94. The number of aromatic nitrogens is 2. The first-order valence-corrected chi connectivity index (χ1v) is 11.7. The predicted octanol–water partition coefficient (Wildman–Crippen LogP) is 4.35. The Kier molecular flexibility index (Phi) is 8.17. The molecule has 186 valence electrons. The van der Waals surface area contributed by atoms with E-state index in [1.807, 2.05) is 0 Å². The Balaban J connectivity index is 1.43. The molecule has 0 atom stereocenters. The lowest BCUT2D eigenvalue weighted by atomic mass is 9.91. The van der Waals surface area contributed by atoms with E-state index in [1.54, 1.807) is 24.3 Å². The monoisotopic (exact) mass is 512 g/mol. The summed E-state index contributed by atoms with van der Waals surface area (Å²) in [6.07, 6.45) is 7.06. The molecule has 4 rings (SSSR count). The van der Waals surface area contributed by atoms with Crippen LogP contribution in [0, 0.1) is 11.6 Å². The molecular formula is C25H23ClF2N6O2. The van der Waals surface area contributed by atoms with Gasteiger partial charge in [0.1, 0.15) is 5.69 Å². The Morgan fingerprint density at radius 3 is 2.47 bits per heavy atom. The van der Waals surface area contributed by atoms with Crippen LogP contribution in [0.15, 0.2) is 66.0 Å². The minimum absolute atomic E-state index is 0.0351. The normalized spacial score (nSPS) is 17.8. The van der Waals surface area contributed by atoms with Crippen LogP contribution >= 0.6 is 11.6 Å². The third-order valence-electron chi connectivity index (χ3n) is 5.64. The van der Waals surface area contributed by atoms with Gasteiger partial charge < -0.3 is 10.6 Å². The third kappa shape index (κ3) is 6.82. The second-order valence-electron chi connectivity index (χ2n) is 8.27.